The molecule has 0 saturated carbocycles. The van der Waals surface area contributed by atoms with Gasteiger partial charge < -0.3 is 19.7 Å². The molecule has 0 fully saturated rings. The van der Waals surface area contributed by atoms with Gasteiger partial charge in [0.15, 0.2) is 23.1 Å². The van der Waals surface area contributed by atoms with E-state index in [0.29, 0.717) is 11.5 Å². The first kappa shape index (κ1) is 18.5. The van der Waals surface area contributed by atoms with Crippen LogP contribution in [0.25, 0.3) is 0 Å². The second-order valence-corrected chi connectivity index (χ2v) is 7.54. The summed E-state index contributed by atoms with van der Waals surface area (Å²) in [5.41, 5.74) is 0. The third kappa shape index (κ3) is 4.37. The zero-order valence-electron chi connectivity index (χ0n) is 13.5. The fourth-order valence-corrected chi connectivity index (χ4v) is 4.23. The molecule has 0 spiro atoms. The summed E-state index contributed by atoms with van der Waals surface area (Å²) in [7, 11) is -3.52. The standard InChI is InChI=1S/C17H22O6S/c1-13-12-15(23-11-9-19)4-7-17(13)24(20,21)16-5-2-14(3-6-16)22-10-8-18/h2-7,12-13,17-19H,8-11H2,1H3/p+1. The molecule has 1 aliphatic carbocycles. The van der Waals surface area contributed by atoms with Crippen molar-refractivity contribution < 1.29 is 28.1 Å². The van der Waals surface area contributed by atoms with Gasteiger partial charge in [-0.2, -0.15) is 0 Å². The molecular weight excluding hydrogens is 332 g/mol. The van der Waals surface area contributed by atoms with Crippen LogP contribution in [0.3, 0.4) is 0 Å². The highest BCUT2D eigenvalue weighted by Crippen LogP contribution is 2.29. The van der Waals surface area contributed by atoms with Crippen LogP contribution in [-0.2, 0) is 14.6 Å². The second-order valence-electron chi connectivity index (χ2n) is 5.44. The van der Waals surface area contributed by atoms with Gasteiger partial charge in [0, 0.05) is 0 Å². The summed E-state index contributed by atoms with van der Waals surface area (Å²) in [6.07, 6.45) is 5.00. The van der Waals surface area contributed by atoms with Crippen LogP contribution < -0.4 is 4.74 Å². The van der Waals surface area contributed by atoms with Gasteiger partial charge in [-0.25, -0.2) is 8.42 Å². The normalized spacial score (nSPS) is 20.5. The van der Waals surface area contributed by atoms with E-state index in [4.69, 9.17) is 19.7 Å². The average Bonchev–Trinajstić information content (AvgIpc) is 2.58. The van der Waals surface area contributed by atoms with E-state index in [0.717, 1.165) is 0 Å². The Labute approximate surface area is 142 Å². The Kier molecular flexibility index (Phi) is 6.42. The van der Waals surface area contributed by atoms with Crippen LogP contribution in [0.4, 0.5) is 0 Å². The maximum absolute atomic E-state index is 12.8. The summed E-state index contributed by atoms with van der Waals surface area (Å²) in [5.74, 6) is 0.878. The number of aliphatic hydroxyl groups excluding tert-OH is 1. The third-order valence-corrected chi connectivity index (χ3v) is 5.87. The zero-order valence-corrected chi connectivity index (χ0v) is 14.3. The predicted molar refractivity (Wildman–Crippen MR) is 90.8 cm³/mol. The largest absolute Gasteiger partial charge is 0.492 e. The van der Waals surface area contributed by atoms with Gasteiger partial charge in [-0.1, -0.05) is 13.0 Å². The molecule has 2 atom stereocenters. The maximum Gasteiger partial charge on any atom is 0.185 e. The second kappa shape index (κ2) is 8.32. The van der Waals surface area contributed by atoms with Crippen LogP contribution in [0.15, 0.2) is 53.1 Å². The molecule has 0 saturated heterocycles. The minimum atomic E-state index is -3.52. The number of aliphatic hydroxyl groups is 1. The number of rotatable bonds is 8. The smallest absolute Gasteiger partial charge is 0.185 e. The van der Waals surface area contributed by atoms with Crippen LogP contribution in [0.2, 0.25) is 0 Å². The molecule has 0 aliphatic heterocycles. The summed E-state index contributed by atoms with van der Waals surface area (Å²) in [5, 5.41) is 15.2. The van der Waals surface area contributed by atoms with E-state index in [9.17, 15) is 8.42 Å². The summed E-state index contributed by atoms with van der Waals surface area (Å²) in [6.45, 7) is 2.34. The lowest BCUT2D eigenvalue weighted by molar-refractivity contribution is 0.150. The number of hydrogen-bond donors (Lipinski definition) is 1. The molecule has 2 rings (SSSR count). The zero-order chi connectivity index (χ0) is 17.6. The Hall–Kier alpha value is -1.83. The quantitative estimate of drug-likeness (QED) is 0.703. The van der Waals surface area contributed by atoms with Crippen LogP contribution in [0, 0.1) is 5.92 Å². The van der Waals surface area contributed by atoms with Gasteiger partial charge in [-0.15, -0.1) is 0 Å². The molecule has 6 nitrogen and oxygen atoms in total. The monoisotopic (exact) mass is 355 g/mol. The fraction of sp³-hybridized carbons (Fsp3) is 0.412. The molecule has 0 radical (unpaired) electrons. The Bertz CT molecular complexity index is 690. The van der Waals surface area contributed by atoms with Gasteiger partial charge in [-0.05, 0) is 42.3 Å². The van der Waals surface area contributed by atoms with Crippen molar-refractivity contribution in [1.29, 1.82) is 0 Å². The summed E-state index contributed by atoms with van der Waals surface area (Å²) in [4.78, 5) is 0.232. The summed E-state index contributed by atoms with van der Waals surface area (Å²) >= 11 is 0. The first-order valence-electron chi connectivity index (χ1n) is 7.74. The molecule has 3 N–H and O–H groups in total. The lowest BCUT2D eigenvalue weighted by Crippen LogP contribution is -2.27. The number of benzene rings is 1. The molecular formula is C17H23O6S+. The molecule has 24 heavy (non-hydrogen) atoms. The highest BCUT2D eigenvalue weighted by Gasteiger charge is 2.31. The molecule has 7 heteroatoms. The molecule has 1 aromatic carbocycles. The molecule has 2 unspecified atom stereocenters. The minimum Gasteiger partial charge on any atom is -0.492 e. The van der Waals surface area contributed by atoms with Gasteiger partial charge in [0.25, 0.3) is 0 Å². The van der Waals surface area contributed by atoms with Crippen LogP contribution in [-0.4, -0.2) is 50.3 Å². The van der Waals surface area contributed by atoms with Gasteiger partial charge in [-0.3, -0.25) is 0 Å². The Morgan fingerprint density at radius 1 is 1.17 bits per heavy atom. The molecule has 0 bridgehead atoms. The van der Waals surface area contributed by atoms with Gasteiger partial charge >= 0.3 is 0 Å². The van der Waals surface area contributed by atoms with Crippen molar-refractivity contribution in [2.24, 2.45) is 5.92 Å². The Morgan fingerprint density at radius 2 is 1.88 bits per heavy atom. The van der Waals surface area contributed by atoms with Crippen molar-refractivity contribution in [3.05, 3.63) is 48.3 Å². The molecule has 0 aromatic heterocycles. The van der Waals surface area contributed by atoms with Gasteiger partial charge in [0.1, 0.15) is 18.1 Å². The Balaban J connectivity index is 2.13. The number of ether oxygens (including phenoxy) is 2. The molecule has 1 aromatic rings. The van der Waals surface area contributed by atoms with E-state index in [2.05, 4.69) is 0 Å². The SMILES string of the molecule is CC1C=C(OCCO)C=CC1S(=O)(=O)c1ccc(OCC[OH2+])cc1. The van der Waals surface area contributed by atoms with Crippen LogP contribution in [0.1, 0.15) is 6.92 Å². The van der Waals surface area contributed by atoms with Crippen molar-refractivity contribution in [2.45, 2.75) is 17.1 Å². The van der Waals surface area contributed by atoms with Crippen molar-refractivity contribution in [3.63, 3.8) is 0 Å². The van der Waals surface area contributed by atoms with Crippen molar-refractivity contribution in [1.82, 2.24) is 0 Å². The van der Waals surface area contributed by atoms with Gasteiger partial charge in [0.2, 0.25) is 0 Å². The molecule has 132 valence electrons. The maximum atomic E-state index is 12.8. The van der Waals surface area contributed by atoms with E-state index in [-0.39, 0.29) is 37.2 Å². The topological polar surface area (TPSA) is 95.7 Å². The van der Waals surface area contributed by atoms with Gasteiger partial charge in [0.05, 0.1) is 16.8 Å². The molecule has 0 heterocycles. The minimum absolute atomic E-state index is 0.0874. The first-order chi connectivity index (χ1) is 11.5. The third-order valence-electron chi connectivity index (χ3n) is 3.64. The number of allylic oxidation sites excluding steroid dienone is 2. The van der Waals surface area contributed by atoms with Crippen LogP contribution in [0.5, 0.6) is 5.75 Å². The fourth-order valence-electron chi connectivity index (χ4n) is 2.47. The van der Waals surface area contributed by atoms with E-state index >= 15 is 0 Å². The lowest BCUT2D eigenvalue weighted by Gasteiger charge is -2.23. The summed E-state index contributed by atoms with van der Waals surface area (Å²) < 4.78 is 36.2. The highest BCUT2D eigenvalue weighted by molar-refractivity contribution is 7.92. The van der Waals surface area contributed by atoms with E-state index in [1.807, 2.05) is 6.92 Å². The number of sulfone groups is 1. The summed E-state index contributed by atoms with van der Waals surface area (Å²) in [6, 6.07) is 6.25. The molecule has 0 amide bonds. The highest BCUT2D eigenvalue weighted by atomic mass is 32.2. The predicted octanol–water partition coefficient (Wildman–Crippen LogP) is 1.03. The van der Waals surface area contributed by atoms with Crippen molar-refractivity contribution in [3.8, 4) is 5.75 Å². The van der Waals surface area contributed by atoms with Crippen LogP contribution >= 0.6 is 0 Å². The lowest BCUT2D eigenvalue weighted by atomic mass is 10.0. The van der Waals surface area contributed by atoms with Crippen molar-refractivity contribution in [2.75, 3.05) is 26.4 Å². The Morgan fingerprint density at radius 3 is 2.46 bits per heavy atom. The van der Waals surface area contributed by atoms with E-state index < -0.39 is 15.1 Å². The van der Waals surface area contributed by atoms with E-state index in [1.165, 1.54) is 12.1 Å². The average molecular weight is 355 g/mol. The molecule has 1 aliphatic rings. The van der Waals surface area contributed by atoms with E-state index in [1.54, 1.807) is 30.4 Å². The van der Waals surface area contributed by atoms with Crippen molar-refractivity contribution >= 4 is 9.84 Å². The number of hydrogen-bond acceptors (Lipinski definition) is 5. The first-order valence-corrected chi connectivity index (χ1v) is 9.28.